The van der Waals surface area contributed by atoms with Gasteiger partial charge in [-0.05, 0) is 18.7 Å². The van der Waals surface area contributed by atoms with Crippen LogP contribution < -0.4 is 5.32 Å². The molecule has 0 radical (unpaired) electrons. The fourth-order valence-corrected chi connectivity index (χ4v) is 1.69. The summed E-state index contributed by atoms with van der Waals surface area (Å²) in [6, 6.07) is 4.83. The molecule has 0 unspecified atom stereocenters. The molecular weight excluding hydrogens is 325 g/mol. The van der Waals surface area contributed by atoms with Crippen LogP contribution in [0, 0.1) is 0 Å². The molecule has 0 aliphatic carbocycles. The Hall–Kier alpha value is -1.80. The highest BCUT2D eigenvalue weighted by Crippen LogP contribution is 2.29. The first-order valence-corrected chi connectivity index (χ1v) is 6.01. The van der Waals surface area contributed by atoms with Crippen molar-refractivity contribution in [3.8, 4) is 0 Å². The first-order chi connectivity index (χ1) is 9.68. The largest absolute Gasteiger partial charge is 0.480 e. The van der Waals surface area contributed by atoms with Crippen molar-refractivity contribution in [3.05, 3.63) is 35.4 Å². The van der Waals surface area contributed by atoms with Crippen LogP contribution in [0.3, 0.4) is 0 Å². The topological polar surface area (TPSA) is 69.6 Å². The van der Waals surface area contributed by atoms with Gasteiger partial charge in [0.2, 0.25) is 5.91 Å². The second-order valence-corrected chi connectivity index (χ2v) is 4.54. The smallest absolute Gasteiger partial charge is 0.416 e. The van der Waals surface area contributed by atoms with E-state index in [0.29, 0.717) is 5.56 Å². The number of amides is 1. The molecule has 0 atom stereocenters. The molecule has 0 aromatic heterocycles. The molecule has 0 saturated carbocycles. The number of aliphatic carboxylic acids is 1. The van der Waals surface area contributed by atoms with Gasteiger partial charge in [-0.25, -0.2) is 0 Å². The average molecular weight is 341 g/mol. The van der Waals surface area contributed by atoms with Gasteiger partial charge in [-0.15, -0.1) is 12.4 Å². The Morgan fingerprint density at radius 3 is 2.50 bits per heavy atom. The first kappa shape index (κ1) is 20.2. The maximum atomic E-state index is 12.6. The van der Waals surface area contributed by atoms with E-state index in [1.165, 1.54) is 17.0 Å². The van der Waals surface area contributed by atoms with Crippen molar-refractivity contribution in [3.63, 3.8) is 0 Å². The van der Waals surface area contributed by atoms with Crippen LogP contribution in [0.15, 0.2) is 24.3 Å². The summed E-state index contributed by atoms with van der Waals surface area (Å²) in [5.74, 6) is -1.67. The van der Waals surface area contributed by atoms with Crippen LogP contribution in [0.2, 0.25) is 0 Å². The molecule has 1 aromatic carbocycles. The summed E-state index contributed by atoms with van der Waals surface area (Å²) in [5, 5.41) is 10.6. The zero-order chi connectivity index (χ0) is 16.0. The number of carbonyl (C=O) groups is 2. The maximum absolute atomic E-state index is 12.6. The molecule has 1 rings (SSSR count). The van der Waals surface area contributed by atoms with Crippen LogP contribution in [0.1, 0.15) is 11.1 Å². The molecule has 0 aliphatic rings. The molecule has 9 heteroatoms. The van der Waals surface area contributed by atoms with Crippen molar-refractivity contribution in [2.75, 3.05) is 20.1 Å². The number of halogens is 4. The van der Waals surface area contributed by atoms with Crippen molar-refractivity contribution in [1.29, 1.82) is 0 Å². The summed E-state index contributed by atoms with van der Waals surface area (Å²) in [5.41, 5.74) is -0.331. The third-order valence-electron chi connectivity index (χ3n) is 2.56. The second-order valence-electron chi connectivity index (χ2n) is 4.54. The summed E-state index contributed by atoms with van der Waals surface area (Å²) in [7, 11) is 1.56. The van der Waals surface area contributed by atoms with Crippen LogP contribution >= 0.6 is 12.4 Å². The van der Waals surface area contributed by atoms with Gasteiger partial charge in [-0.2, -0.15) is 13.2 Å². The third kappa shape index (κ3) is 7.28. The zero-order valence-corrected chi connectivity index (χ0v) is 12.5. The zero-order valence-electron chi connectivity index (χ0n) is 11.7. The Morgan fingerprint density at radius 2 is 1.95 bits per heavy atom. The fraction of sp³-hybridized carbons (Fsp3) is 0.385. The second kappa shape index (κ2) is 8.60. The van der Waals surface area contributed by atoms with Crippen molar-refractivity contribution < 1.29 is 27.9 Å². The van der Waals surface area contributed by atoms with E-state index in [2.05, 4.69) is 5.32 Å². The summed E-state index contributed by atoms with van der Waals surface area (Å²) in [6.45, 7) is -0.454. The van der Waals surface area contributed by atoms with Crippen LogP contribution in [0.25, 0.3) is 0 Å². The minimum atomic E-state index is -4.41. The van der Waals surface area contributed by atoms with Crippen LogP contribution in [-0.2, 0) is 22.3 Å². The molecule has 0 heterocycles. The first-order valence-electron chi connectivity index (χ1n) is 6.01. The van der Waals surface area contributed by atoms with Gasteiger partial charge in [-0.3, -0.25) is 14.5 Å². The number of benzene rings is 1. The number of hydrogen-bond acceptors (Lipinski definition) is 3. The number of carbonyl (C=O) groups excluding carboxylic acids is 1. The van der Waals surface area contributed by atoms with Crippen LogP contribution in [-0.4, -0.2) is 42.0 Å². The molecule has 0 aliphatic heterocycles. The molecule has 0 bridgehead atoms. The van der Waals surface area contributed by atoms with E-state index in [0.717, 1.165) is 12.1 Å². The number of likely N-dealkylation sites (N-methyl/N-ethyl adjacent to an activating group) is 1. The van der Waals surface area contributed by atoms with Crippen molar-refractivity contribution >= 4 is 24.3 Å². The number of carboxylic acid groups (broad SMARTS) is 1. The van der Waals surface area contributed by atoms with Gasteiger partial charge in [0.1, 0.15) is 6.54 Å². The van der Waals surface area contributed by atoms with Gasteiger partial charge < -0.3 is 10.4 Å². The van der Waals surface area contributed by atoms with Gasteiger partial charge in [0.25, 0.3) is 0 Å². The third-order valence-corrected chi connectivity index (χ3v) is 2.56. The minimum Gasteiger partial charge on any atom is -0.480 e. The lowest BCUT2D eigenvalue weighted by Crippen LogP contribution is -2.37. The van der Waals surface area contributed by atoms with Crippen LogP contribution in [0.5, 0.6) is 0 Å². The molecule has 124 valence electrons. The number of rotatable bonds is 6. The quantitative estimate of drug-likeness (QED) is 0.828. The van der Waals surface area contributed by atoms with E-state index < -0.39 is 30.2 Å². The molecular formula is C13H16ClF3N2O3. The predicted molar refractivity (Wildman–Crippen MR) is 75.7 cm³/mol. The number of hydrogen-bond donors (Lipinski definition) is 2. The van der Waals surface area contributed by atoms with Gasteiger partial charge in [0.15, 0.2) is 0 Å². The average Bonchev–Trinajstić information content (AvgIpc) is 2.35. The van der Waals surface area contributed by atoms with E-state index >= 15 is 0 Å². The molecule has 0 spiro atoms. The number of alkyl halides is 3. The van der Waals surface area contributed by atoms with Crippen molar-refractivity contribution in [2.24, 2.45) is 0 Å². The summed E-state index contributed by atoms with van der Waals surface area (Å²) < 4.78 is 37.7. The molecule has 0 saturated heterocycles. The highest BCUT2D eigenvalue weighted by Gasteiger charge is 2.30. The molecule has 1 amide bonds. The normalized spacial score (nSPS) is 11.0. The molecule has 5 nitrogen and oxygen atoms in total. The fourth-order valence-electron chi connectivity index (χ4n) is 1.69. The highest BCUT2D eigenvalue weighted by molar-refractivity contribution is 5.85. The predicted octanol–water partition coefficient (Wildman–Crippen LogP) is 1.76. The SMILES string of the molecule is CN(CC(=O)NCC(=O)O)Cc1cccc(C(F)(F)F)c1.Cl. The minimum absolute atomic E-state index is 0. The number of nitrogens with one attached hydrogen (secondary N) is 1. The molecule has 22 heavy (non-hydrogen) atoms. The lowest BCUT2D eigenvalue weighted by Gasteiger charge is -2.17. The lowest BCUT2D eigenvalue weighted by atomic mass is 10.1. The van der Waals surface area contributed by atoms with Crippen molar-refractivity contribution in [1.82, 2.24) is 10.2 Å². The van der Waals surface area contributed by atoms with E-state index in [1.54, 1.807) is 7.05 Å². The number of carboxylic acids is 1. The van der Waals surface area contributed by atoms with E-state index in [1.807, 2.05) is 0 Å². The van der Waals surface area contributed by atoms with Gasteiger partial charge in [0, 0.05) is 6.54 Å². The number of nitrogens with zero attached hydrogens (tertiary/aromatic N) is 1. The highest BCUT2D eigenvalue weighted by atomic mass is 35.5. The molecule has 2 N–H and O–H groups in total. The molecule has 0 fully saturated rings. The monoisotopic (exact) mass is 340 g/mol. The lowest BCUT2D eigenvalue weighted by molar-refractivity contribution is -0.138. The van der Waals surface area contributed by atoms with Gasteiger partial charge in [-0.1, -0.05) is 18.2 Å². The Bertz CT molecular complexity index is 523. The Balaban J connectivity index is 0.00000441. The van der Waals surface area contributed by atoms with Crippen LogP contribution in [0.4, 0.5) is 13.2 Å². The summed E-state index contributed by atoms with van der Waals surface area (Å²) in [6.07, 6.45) is -4.41. The van der Waals surface area contributed by atoms with E-state index in [-0.39, 0.29) is 25.5 Å². The summed E-state index contributed by atoms with van der Waals surface area (Å²) >= 11 is 0. The molecule has 1 aromatic rings. The standard InChI is InChI=1S/C13H15F3N2O3.ClH/c1-18(8-11(19)17-6-12(20)21)7-9-3-2-4-10(5-9)13(14,15)16;/h2-5H,6-8H2,1H3,(H,17,19)(H,20,21);1H. The Morgan fingerprint density at radius 1 is 1.32 bits per heavy atom. The van der Waals surface area contributed by atoms with E-state index in [9.17, 15) is 22.8 Å². The van der Waals surface area contributed by atoms with Gasteiger partial charge >= 0.3 is 12.1 Å². The summed E-state index contributed by atoms with van der Waals surface area (Å²) in [4.78, 5) is 23.1. The van der Waals surface area contributed by atoms with Crippen molar-refractivity contribution in [2.45, 2.75) is 12.7 Å². The maximum Gasteiger partial charge on any atom is 0.416 e. The van der Waals surface area contributed by atoms with Gasteiger partial charge in [0.05, 0.1) is 12.1 Å². The Kier molecular flexibility index (Phi) is 7.89. The van der Waals surface area contributed by atoms with E-state index in [4.69, 9.17) is 5.11 Å². The Labute approximate surface area is 131 Å².